The average Bonchev–Trinajstić information content (AvgIpc) is 3.04. The van der Waals surface area contributed by atoms with Crippen molar-refractivity contribution in [2.24, 2.45) is 0 Å². The molecule has 1 aromatic carbocycles. The van der Waals surface area contributed by atoms with Crippen LogP contribution in [0.5, 0.6) is 0 Å². The normalized spacial score (nSPS) is 17.5. The van der Waals surface area contributed by atoms with Crippen molar-refractivity contribution in [3.05, 3.63) is 51.2 Å². The summed E-state index contributed by atoms with van der Waals surface area (Å²) in [5, 5.41) is 0. The van der Waals surface area contributed by atoms with Gasteiger partial charge in [0.15, 0.2) is 6.10 Å². The molecule has 5 heteroatoms. The maximum Gasteiger partial charge on any atom is 0.340 e. The molecule has 0 aliphatic carbocycles. The molecule has 2 unspecified atom stereocenters. The number of carbonyl (C=O) groups excluding carboxylic acids is 2. The fourth-order valence-electron chi connectivity index (χ4n) is 3.21. The number of rotatable bonds is 3. The van der Waals surface area contributed by atoms with Crippen LogP contribution in [-0.4, -0.2) is 24.0 Å². The highest BCUT2D eigenvalue weighted by atomic mass is 32.1. The van der Waals surface area contributed by atoms with Crippen LogP contribution in [0, 0.1) is 13.8 Å². The van der Waals surface area contributed by atoms with Crippen molar-refractivity contribution in [1.82, 2.24) is 0 Å². The maximum atomic E-state index is 12.8. The lowest BCUT2D eigenvalue weighted by Gasteiger charge is -2.25. The van der Waals surface area contributed by atoms with Gasteiger partial charge in [-0.2, -0.15) is 0 Å². The van der Waals surface area contributed by atoms with Gasteiger partial charge in [0.05, 0.1) is 5.56 Å². The Morgan fingerprint density at radius 2 is 2.00 bits per heavy atom. The van der Waals surface area contributed by atoms with Gasteiger partial charge >= 0.3 is 5.97 Å². The number of fused-ring (bicyclic) bond motifs is 1. The first-order chi connectivity index (χ1) is 11.4. The molecule has 3 rings (SSSR count). The second kappa shape index (κ2) is 6.40. The number of para-hydroxylation sites is 1. The summed E-state index contributed by atoms with van der Waals surface area (Å²) in [4.78, 5) is 28.9. The van der Waals surface area contributed by atoms with Crippen LogP contribution < -0.4 is 4.90 Å². The van der Waals surface area contributed by atoms with Crippen molar-refractivity contribution in [1.29, 1.82) is 0 Å². The summed E-state index contributed by atoms with van der Waals surface area (Å²) >= 11 is 1.55. The third-order valence-corrected chi connectivity index (χ3v) is 5.30. The van der Waals surface area contributed by atoms with Gasteiger partial charge in [-0.3, -0.25) is 4.79 Å². The van der Waals surface area contributed by atoms with E-state index in [1.165, 1.54) is 0 Å². The molecule has 126 valence electrons. The first-order valence-corrected chi connectivity index (χ1v) is 8.89. The summed E-state index contributed by atoms with van der Waals surface area (Å²) < 4.78 is 5.44. The van der Waals surface area contributed by atoms with E-state index in [1.54, 1.807) is 23.2 Å². The number of amides is 1. The molecule has 2 heterocycles. The van der Waals surface area contributed by atoms with Gasteiger partial charge in [0.1, 0.15) is 0 Å². The topological polar surface area (TPSA) is 46.6 Å². The predicted octanol–water partition coefficient (Wildman–Crippen LogP) is 3.89. The van der Waals surface area contributed by atoms with E-state index in [-0.39, 0.29) is 11.9 Å². The van der Waals surface area contributed by atoms with Crippen LogP contribution in [0.3, 0.4) is 0 Å². The van der Waals surface area contributed by atoms with Gasteiger partial charge in [0.2, 0.25) is 0 Å². The summed E-state index contributed by atoms with van der Waals surface area (Å²) in [5.41, 5.74) is 2.62. The molecule has 0 radical (unpaired) electrons. The first kappa shape index (κ1) is 16.7. The predicted molar refractivity (Wildman–Crippen MR) is 95.8 cm³/mol. The molecule has 1 aliphatic rings. The summed E-state index contributed by atoms with van der Waals surface area (Å²) in [6.07, 6.45) is 0.0107. The summed E-state index contributed by atoms with van der Waals surface area (Å²) in [6, 6.07) is 9.76. The average molecular weight is 343 g/mol. The molecule has 2 aromatic rings. The first-order valence-electron chi connectivity index (χ1n) is 8.07. The molecule has 1 amide bonds. The smallest absolute Gasteiger partial charge is 0.340 e. The monoisotopic (exact) mass is 343 g/mol. The molecule has 0 N–H and O–H groups in total. The van der Waals surface area contributed by atoms with Crippen LogP contribution in [-0.2, 0) is 16.0 Å². The second-order valence-corrected chi connectivity index (χ2v) is 7.72. The van der Waals surface area contributed by atoms with Gasteiger partial charge in [0, 0.05) is 21.5 Å². The fraction of sp³-hybridized carbons (Fsp3) is 0.368. The molecule has 0 bridgehead atoms. The Labute approximate surface area is 146 Å². The molecular formula is C19H21NO3S. The van der Waals surface area contributed by atoms with Gasteiger partial charge in [0.25, 0.3) is 5.91 Å². The minimum absolute atomic E-state index is 0.0705. The van der Waals surface area contributed by atoms with Crippen LogP contribution in [0.25, 0.3) is 0 Å². The zero-order chi connectivity index (χ0) is 17.4. The number of aryl methyl sites for hydroxylation is 2. The zero-order valence-corrected chi connectivity index (χ0v) is 15.1. The quantitative estimate of drug-likeness (QED) is 0.794. The van der Waals surface area contributed by atoms with Crippen molar-refractivity contribution in [3.8, 4) is 0 Å². The molecule has 4 nitrogen and oxygen atoms in total. The Balaban J connectivity index is 1.76. The molecule has 0 fully saturated rings. The van der Waals surface area contributed by atoms with E-state index in [1.807, 2.05) is 51.1 Å². The minimum Gasteiger partial charge on any atom is -0.449 e. The van der Waals surface area contributed by atoms with Gasteiger partial charge in [-0.15, -0.1) is 11.3 Å². The van der Waals surface area contributed by atoms with E-state index in [2.05, 4.69) is 0 Å². The second-order valence-electron chi connectivity index (χ2n) is 6.26. The Morgan fingerprint density at radius 3 is 2.67 bits per heavy atom. The number of nitrogens with zero attached hydrogens (tertiary/aromatic N) is 1. The molecule has 2 atom stereocenters. The third-order valence-electron chi connectivity index (χ3n) is 4.34. The van der Waals surface area contributed by atoms with Gasteiger partial charge in [-0.05, 0) is 51.8 Å². The lowest BCUT2D eigenvalue weighted by atomic mass is 10.1. The number of hydrogen-bond acceptors (Lipinski definition) is 4. The van der Waals surface area contributed by atoms with Crippen LogP contribution >= 0.6 is 11.3 Å². The number of carbonyl (C=O) groups is 2. The van der Waals surface area contributed by atoms with Crippen LogP contribution in [0.15, 0.2) is 30.3 Å². The number of hydrogen-bond donors (Lipinski definition) is 0. The van der Waals surface area contributed by atoms with E-state index in [9.17, 15) is 9.59 Å². The Kier molecular flexibility index (Phi) is 4.45. The SMILES string of the molecule is Cc1cc(C(=O)OC(C)C(=O)N2c3ccccc3CC2C)c(C)s1. The Morgan fingerprint density at radius 1 is 1.29 bits per heavy atom. The number of ether oxygens (including phenoxy) is 1. The van der Waals surface area contributed by atoms with Crippen molar-refractivity contribution >= 4 is 28.9 Å². The standard InChI is InChI=1S/C19H21NO3S/c1-11-9-15-7-5-6-8-17(15)20(11)18(21)13(3)23-19(22)16-10-12(2)24-14(16)4/h5-8,10-11,13H,9H2,1-4H3. The van der Waals surface area contributed by atoms with E-state index >= 15 is 0 Å². The summed E-state index contributed by atoms with van der Waals surface area (Å²) in [6.45, 7) is 7.49. The van der Waals surface area contributed by atoms with Gasteiger partial charge in [-0.25, -0.2) is 4.79 Å². The van der Waals surface area contributed by atoms with E-state index in [4.69, 9.17) is 4.74 Å². The molecular weight excluding hydrogens is 322 g/mol. The maximum absolute atomic E-state index is 12.8. The van der Waals surface area contributed by atoms with Crippen LogP contribution in [0.4, 0.5) is 5.69 Å². The van der Waals surface area contributed by atoms with Crippen LogP contribution in [0.2, 0.25) is 0 Å². The van der Waals surface area contributed by atoms with Gasteiger partial charge < -0.3 is 9.64 Å². The Bertz CT molecular complexity index is 796. The Hall–Kier alpha value is -2.14. The van der Waals surface area contributed by atoms with Crippen molar-refractivity contribution in [2.75, 3.05) is 4.90 Å². The number of anilines is 1. The van der Waals surface area contributed by atoms with Crippen molar-refractivity contribution in [2.45, 2.75) is 46.3 Å². The van der Waals surface area contributed by atoms with E-state index in [0.717, 1.165) is 27.4 Å². The zero-order valence-electron chi connectivity index (χ0n) is 14.3. The summed E-state index contributed by atoms with van der Waals surface area (Å²) in [5.74, 6) is -0.608. The highest BCUT2D eigenvalue weighted by Gasteiger charge is 2.34. The molecule has 1 aliphatic heterocycles. The fourth-order valence-corrected chi connectivity index (χ4v) is 4.12. The lowest BCUT2D eigenvalue weighted by Crippen LogP contribution is -2.43. The molecule has 0 saturated carbocycles. The highest BCUT2D eigenvalue weighted by molar-refractivity contribution is 7.12. The van der Waals surface area contributed by atoms with E-state index < -0.39 is 12.1 Å². The minimum atomic E-state index is -0.814. The van der Waals surface area contributed by atoms with E-state index in [0.29, 0.717) is 5.56 Å². The number of thiophene rings is 1. The van der Waals surface area contributed by atoms with Crippen LogP contribution in [0.1, 0.15) is 39.5 Å². The largest absolute Gasteiger partial charge is 0.449 e. The highest BCUT2D eigenvalue weighted by Crippen LogP contribution is 2.32. The number of benzene rings is 1. The summed E-state index contributed by atoms with van der Waals surface area (Å²) in [7, 11) is 0. The van der Waals surface area contributed by atoms with Gasteiger partial charge in [-0.1, -0.05) is 18.2 Å². The number of esters is 1. The molecule has 0 spiro atoms. The van der Waals surface area contributed by atoms with Crippen molar-refractivity contribution < 1.29 is 14.3 Å². The molecule has 1 aromatic heterocycles. The third kappa shape index (κ3) is 2.96. The van der Waals surface area contributed by atoms with Crippen molar-refractivity contribution in [3.63, 3.8) is 0 Å². The molecule has 0 saturated heterocycles. The molecule has 24 heavy (non-hydrogen) atoms. The lowest BCUT2D eigenvalue weighted by molar-refractivity contribution is -0.126.